The Morgan fingerprint density at radius 1 is 1.45 bits per heavy atom. The first-order valence-electron chi connectivity index (χ1n) is 6.29. The molecule has 1 fully saturated rings. The number of hydrogen-bond donors (Lipinski definition) is 0. The number of rotatable bonds is 3. The fourth-order valence-corrected chi connectivity index (χ4v) is 2.78. The zero-order valence-corrected chi connectivity index (χ0v) is 12.5. The topological polar surface area (TPSA) is 63.5 Å². The van der Waals surface area contributed by atoms with Crippen LogP contribution >= 0.6 is 15.9 Å². The van der Waals surface area contributed by atoms with E-state index in [-0.39, 0.29) is 21.9 Å². The Balaban J connectivity index is 2.27. The van der Waals surface area contributed by atoms with Gasteiger partial charge in [-0.25, -0.2) is 4.39 Å². The number of halogens is 2. The third kappa shape index (κ3) is 2.98. The molecule has 1 aliphatic heterocycles. The Bertz CT molecular complexity index is 557. The van der Waals surface area contributed by atoms with Gasteiger partial charge in [0.05, 0.1) is 15.5 Å². The van der Waals surface area contributed by atoms with Gasteiger partial charge in [-0.3, -0.25) is 14.9 Å². The molecule has 1 saturated heterocycles. The number of Topliss-reactive ketones (excluding diaryl/α,β-unsaturated/α-hetero) is 1. The van der Waals surface area contributed by atoms with Crippen LogP contribution in [0.4, 0.5) is 15.8 Å². The number of benzene rings is 1. The molecule has 1 heterocycles. The Kier molecular flexibility index (Phi) is 4.37. The summed E-state index contributed by atoms with van der Waals surface area (Å²) in [6, 6.07) is 2.36. The maximum atomic E-state index is 13.4. The van der Waals surface area contributed by atoms with Gasteiger partial charge in [-0.2, -0.15) is 0 Å². The summed E-state index contributed by atoms with van der Waals surface area (Å²) in [5.74, 6) is -0.479. The number of nitro benzene ring substituents is 1. The number of ketones is 1. The van der Waals surface area contributed by atoms with Gasteiger partial charge >= 0.3 is 0 Å². The Hall–Kier alpha value is -1.50. The van der Waals surface area contributed by atoms with Crippen molar-refractivity contribution in [1.29, 1.82) is 0 Å². The molecule has 0 atom stereocenters. The van der Waals surface area contributed by atoms with Gasteiger partial charge in [-0.15, -0.1) is 0 Å². The predicted octanol–water partition coefficient (Wildman–Crippen LogP) is 3.30. The number of carbonyl (C=O) groups excluding carboxylic acids is 1. The molecular weight excluding hydrogens is 331 g/mol. The van der Waals surface area contributed by atoms with E-state index in [4.69, 9.17) is 0 Å². The van der Waals surface area contributed by atoms with Crippen molar-refractivity contribution in [1.82, 2.24) is 0 Å². The highest BCUT2D eigenvalue weighted by atomic mass is 79.9. The minimum absolute atomic E-state index is 0.0224. The van der Waals surface area contributed by atoms with Crippen molar-refractivity contribution in [3.63, 3.8) is 0 Å². The van der Waals surface area contributed by atoms with Gasteiger partial charge in [0.15, 0.2) is 0 Å². The van der Waals surface area contributed by atoms with Gasteiger partial charge in [0.1, 0.15) is 17.3 Å². The molecule has 7 heteroatoms. The van der Waals surface area contributed by atoms with E-state index in [9.17, 15) is 19.3 Å². The number of nitro groups is 1. The zero-order valence-electron chi connectivity index (χ0n) is 10.9. The molecule has 0 amide bonds. The molecule has 1 aliphatic rings. The van der Waals surface area contributed by atoms with E-state index in [0.29, 0.717) is 31.6 Å². The van der Waals surface area contributed by atoms with E-state index < -0.39 is 10.7 Å². The third-order valence-corrected chi connectivity index (χ3v) is 4.23. The third-order valence-electron chi connectivity index (χ3n) is 3.62. The molecule has 0 bridgehead atoms. The number of carbonyl (C=O) groups is 1. The lowest BCUT2D eigenvalue weighted by atomic mass is 9.93. The fraction of sp³-hybridized carbons (Fsp3) is 0.462. The molecule has 1 aromatic rings. The van der Waals surface area contributed by atoms with Gasteiger partial charge < -0.3 is 4.90 Å². The summed E-state index contributed by atoms with van der Waals surface area (Å²) >= 11 is 3.05. The summed E-state index contributed by atoms with van der Waals surface area (Å²) in [7, 11) is 0. The minimum atomic E-state index is -0.654. The minimum Gasteiger partial charge on any atom is -0.366 e. The molecule has 0 aliphatic carbocycles. The highest BCUT2D eigenvalue weighted by Crippen LogP contribution is 2.35. The lowest BCUT2D eigenvalue weighted by Crippen LogP contribution is -2.36. The Labute approximate surface area is 124 Å². The predicted molar refractivity (Wildman–Crippen MR) is 76.4 cm³/mol. The second-order valence-corrected chi connectivity index (χ2v) is 5.74. The maximum absolute atomic E-state index is 13.4. The molecule has 20 heavy (non-hydrogen) atoms. The number of hydrogen-bond acceptors (Lipinski definition) is 4. The van der Waals surface area contributed by atoms with Gasteiger partial charge in [-0.05, 0) is 41.8 Å². The van der Waals surface area contributed by atoms with Crippen LogP contribution in [0, 0.1) is 21.8 Å². The normalized spacial score (nSPS) is 16.2. The SMILES string of the molecule is CC(=O)C1CCN(c2cc(Br)c(F)cc2[N+](=O)[O-])CC1. The number of anilines is 1. The van der Waals surface area contributed by atoms with Crippen molar-refractivity contribution >= 4 is 33.1 Å². The average molecular weight is 345 g/mol. The van der Waals surface area contributed by atoms with Crippen molar-refractivity contribution in [2.45, 2.75) is 19.8 Å². The van der Waals surface area contributed by atoms with Crippen molar-refractivity contribution in [2.24, 2.45) is 5.92 Å². The first-order chi connectivity index (χ1) is 9.40. The van der Waals surface area contributed by atoms with Crippen LogP contribution in [0.5, 0.6) is 0 Å². The van der Waals surface area contributed by atoms with Crippen molar-refractivity contribution < 1.29 is 14.1 Å². The summed E-state index contributed by atoms with van der Waals surface area (Å²) < 4.78 is 13.6. The zero-order chi connectivity index (χ0) is 14.9. The standard InChI is InChI=1S/C13H14BrFN2O3/c1-8(18)9-2-4-16(5-3-9)12-6-10(14)11(15)7-13(12)17(19)20/h6-7,9H,2-5H2,1H3. The summed E-state index contributed by atoms with van der Waals surface area (Å²) in [4.78, 5) is 23.6. The van der Waals surface area contributed by atoms with E-state index in [1.54, 1.807) is 6.92 Å². The van der Waals surface area contributed by atoms with Gasteiger partial charge in [0.25, 0.3) is 5.69 Å². The average Bonchev–Trinajstić information content (AvgIpc) is 2.41. The molecule has 0 radical (unpaired) electrons. The monoisotopic (exact) mass is 344 g/mol. The number of piperidine rings is 1. The second-order valence-electron chi connectivity index (χ2n) is 4.88. The molecule has 0 unspecified atom stereocenters. The summed E-state index contributed by atoms with van der Waals surface area (Å²) in [5, 5.41) is 11.0. The molecule has 0 N–H and O–H groups in total. The molecule has 0 saturated carbocycles. The summed E-state index contributed by atoms with van der Waals surface area (Å²) in [5.41, 5.74) is 0.150. The lowest BCUT2D eigenvalue weighted by Gasteiger charge is -2.32. The largest absolute Gasteiger partial charge is 0.366 e. The van der Waals surface area contributed by atoms with Crippen molar-refractivity contribution in [3.05, 3.63) is 32.5 Å². The molecule has 0 spiro atoms. The maximum Gasteiger partial charge on any atom is 0.295 e. The Morgan fingerprint density at radius 3 is 2.55 bits per heavy atom. The Morgan fingerprint density at radius 2 is 2.05 bits per heavy atom. The van der Waals surface area contributed by atoms with Crippen LogP contribution in [0.15, 0.2) is 16.6 Å². The highest BCUT2D eigenvalue weighted by Gasteiger charge is 2.27. The van der Waals surface area contributed by atoms with Gasteiger partial charge in [0, 0.05) is 19.0 Å². The fourth-order valence-electron chi connectivity index (χ4n) is 2.45. The van der Waals surface area contributed by atoms with Crippen LogP contribution in [0.1, 0.15) is 19.8 Å². The molecule has 0 aromatic heterocycles. The first kappa shape index (κ1) is 14.9. The van der Waals surface area contributed by atoms with Crippen molar-refractivity contribution in [3.8, 4) is 0 Å². The first-order valence-corrected chi connectivity index (χ1v) is 7.08. The van der Waals surface area contributed by atoms with E-state index in [0.717, 1.165) is 6.07 Å². The lowest BCUT2D eigenvalue weighted by molar-refractivity contribution is -0.384. The quantitative estimate of drug-likeness (QED) is 0.623. The highest BCUT2D eigenvalue weighted by molar-refractivity contribution is 9.10. The molecule has 108 valence electrons. The molecular formula is C13H14BrFN2O3. The smallest absolute Gasteiger partial charge is 0.295 e. The molecule has 5 nitrogen and oxygen atoms in total. The van der Waals surface area contributed by atoms with Crippen LogP contribution < -0.4 is 4.90 Å². The van der Waals surface area contributed by atoms with Crippen LogP contribution in [0.25, 0.3) is 0 Å². The van der Waals surface area contributed by atoms with E-state index in [1.165, 1.54) is 6.07 Å². The second kappa shape index (κ2) is 5.87. The molecule has 2 rings (SSSR count). The number of nitrogens with zero attached hydrogens (tertiary/aromatic N) is 2. The van der Waals surface area contributed by atoms with Crippen LogP contribution in [0.3, 0.4) is 0 Å². The van der Waals surface area contributed by atoms with Crippen LogP contribution in [0.2, 0.25) is 0 Å². The van der Waals surface area contributed by atoms with Crippen LogP contribution in [-0.4, -0.2) is 23.8 Å². The van der Waals surface area contributed by atoms with E-state index in [1.807, 2.05) is 4.90 Å². The molecule has 1 aromatic carbocycles. The van der Waals surface area contributed by atoms with Crippen LogP contribution in [-0.2, 0) is 4.79 Å². The summed E-state index contributed by atoms with van der Waals surface area (Å²) in [6.45, 7) is 2.68. The summed E-state index contributed by atoms with van der Waals surface area (Å²) in [6.07, 6.45) is 1.34. The van der Waals surface area contributed by atoms with E-state index >= 15 is 0 Å². The van der Waals surface area contributed by atoms with Crippen molar-refractivity contribution in [2.75, 3.05) is 18.0 Å². The van der Waals surface area contributed by atoms with Gasteiger partial charge in [-0.1, -0.05) is 0 Å². The van der Waals surface area contributed by atoms with Gasteiger partial charge in [0.2, 0.25) is 0 Å². The van der Waals surface area contributed by atoms with E-state index in [2.05, 4.69) is 15.9 Å².